The number of benzene rings is 6. The zero-order chi connectivity index (χ0) is 26.7. The van der Waals surface area contributed by atoms with Crippen molar-refractivity contribution < 1.29 is 0 Å². The zero-order valence-corrected chi connectivity index (χ0v) is 21.9. The summed E-state index contributed by atoms with van der Waals surface area (Å²) in [6, 6.07) is 55.1. The smallest absolute Gasteiger partial charge is 0.160 e. The van der Waals surface area contributed by atoms with Gasteiger partial charge < -0.3 is 0 Å². The van der Waals surface area contributed by atoms with Crippen LogP contribution in [0.5, 0.6) is 0 Å². The van der Waals surface area contributed by atoms with Crippen molar-refractivity contribution >= 4 is 10.8 Å². The Labute approximate surface area is 234 Å². The van der Waals surface area contributed by atoms with Crippen molar-refractivity contribution in [2.75, 3.05) is 0 Å². The van der Waals surface area contributed by atoms with E-state index in [9.17, 15) is 0 Å². The molecule has 7 rings (SSSR count). The van der Waals surface area contributed by atoms with Gasteiger partial charge in [-0.1, -0.05) is 133 Å². The summed E-state index contributed by atoms with van der Waals surface area (Å²) in [7, 11) is 0. The van der Waals surface area contributed by atoms with Crippen molar-refractivity contribution in [2.45, 2.75) is 0 Å². The average Bonchev–Trinajstić information content (AvgIpc) is 3.05. The first-order valence-electron chi connectivity index (χ1n) is 13.5. The molecule has 0 aliphatic carbocycles. The van der Waals surface area contributed by atoms with Crippen LogP contribution in [0.25, 0.3) is 66.9 Å². The molecule has 0 amide bonds. The fourth-order valence-electron chi connectivity index (χ4n) is 5.26. The Hall–Kier alpha value is -5.34. The first-order chi connectivity index (χ1) is 19.8. The van der Waals surface area contributed by atoms with E-state index in [2.05, 4.69) is 121 Å². The predicted octanol–water partition coefficient (Wildman–Crippen LogP) is 9.96. The number of hydrogen-bond donors (Lipinski definition) is 0. The molecule has 0 unspecified atom stereocenters. The third-order valence-corrected chi connectivity index (χ3v) is 7.27. The maximum Gasteiger partial charge on any atom is 0.160 e. The highest BCUT2D eigenvalue weighted by Crippen LogP contribution is 2.36. The first kappa shape index (κ1) is 23.8. The van der Waals surface area contributed by atoms with Gasteiger partial charge in [-0.05, 0) is 57.3 Å². The van der Waals surface area contributed by atoms with Crippen LogP contribution in [0.3, 0.4) is 0 Å². The van der Waals surface area contributed by atoms with Gasteiger partial charge in [0.2, 0.25) is 0 Å². The molecule has 1 heterocycles. The normalized spacial score (nSPS) is 11.0. The van der Waals surface area contributed by atoms with E-state index >= 15 is 0 Å². The molecule has 0 spiro atoms. The van der Waals surface area contributed by atoms with Crippen molar-refractivity contribution in [3.63, 3.8) is 0 Å². The van der Waals surface area contributed by atoms with Crippen LogP contribution < -0.4 is 0 Å². The van der Waals surface area contributed by atoms with E-state index in [1.165, 1.54) is 27.5 Å². The molecule has 0 radical (unpaired) electrons. The topological polar surface area (TPSA) is 25.8 Å². The summed E-state index contributed by atoms with van der Waals surface area (Å²) >= 11 is 0. The highest BCUT2D eigenvalue weighted by molar-refractivity contribution is 6.00. The van der Waals surface area contributed by atoms with E-state index < -0.39 is 0 Å². The Morgan fingerprint density at radius 2 is 0.875 bits per heavy atom. The lowest BCUT2D eigenvalue weighted by molar-refractivity contribution is 1.18. The number of nitrogens with zero attached hydrogens (tertiary/aromatic N) is 2. The Morgan fingerprint density at radius 1 is 0.325 bits per heavy atom. The minimum Gasteiger partial charge on any atom is -0.228 e. The predicted molar refractivity (Wildman–Crippen MR) is 167 cm³/mol. The Balaban J connectivity index is 1.38. The van der Waals surface area contributed by atoms with Crippen LogP contribution in [0.2, 0.25) is 0 Å². The van der Waals surface area contributed by atoms with Crippen molar-refractivity contribution in [2.24, 2.45) is 0 Å². The summed E-state index contributed by atoms with van der Waals surface area (Å²) < 4.78 is 0. The fourth-order valence-corrected chi connectivity index (χ4v) is 5.26. The van der Waals surface area contributed by atoms with Crippen molar-refractivity contribution in [1.29, 1.82) is 0 Å². The van der Waals surface area contributed by atoms with Gasteiger partial charge in [0.05, 0.1) is 11.4 Å². The average molecular weight is 511 g/mol. The van der Waals surface area contributed by atoms with Crippen molar-refractivity contribution in [3.8, 4) is 56.2 Å². The molecule has 7 aromatic rings. The van der Waals surface area contributed by atoms with Gasteiger partial charge in [-0.15, -0.1) is 0 Å². The second-order valence-corrected chi connectivity index (χ2v) is 9.89. The highest BCUT2D eigenvalue weighted by Gasteiger charge is 2.13. The summed E-state index contributed by atoms with van der Waals surface area (Å²) in [5.74, 6) is 0.722. The van der Waals surface area contributed by atoms with Crippen molar-refractivity contribution in [3.05, 3.63) is 158 Å². The molecule has 0 saturated carbocycles. The van der Waals surface area contributed by atoms with Gasteiger partial charge in [-0.3, -0.25) is 0 Å². The molecule has 1 aromatic heterocycles. The Morgan fingerprint density at radius 3 is 1.60 bits per heavy atom. The summed E-state index contributed by atoms with van der Waals surface area (Å²) in [4.78, 5) is 9.99. The van der Waals surface area contributed by atoms with Gasteiger partial charge in [0, 0.05) is 16.7 Å². The first-order valence-corrected chi connectivity index (χ1v) is 13.5. The van der Waals surface area contributed by atoms with E-state index in [-0.39, 0.29) is 0 Å². The van der Waals surface area contributed by atoms with Gasteiger partial charge in [-0.2, -0.15) is 0 Å². The standard InChI is InChI=1S/C38H26N2/c1-4-13-27(14-5-1)35-25-33(24-31-19-10-11-22-34(31)35)30-20-12-21-32(23-30)37-26-36(28-15-6-2-7-16-28)39-38(40-37)29-17-8-3-9-18-29/h1-26H. The molecule has 0 N–H and O–H groups in total. The van der Waals surface area contributed by atoms with Crippen LogP contribution in [0.1, 0.15) is 0 Å². The second-order valence-electron chi connectivity index (χ2n) is 9.89. The molecule has 0 bridgehead atoms. The molecule has 0 atom stereocenters. The summed E-state index contributed by atoms with van der Waals surface area (Å²) in [5.41, 5.74) is 9.73. The second kappa shape index (κ2) is 10.4. The van der Waals surface area contributed by atoms with Crippen LogP contribution in [0.4, 0.5) is 0 Å². The molecule has 2 nitrogen and oxygen atoms in total. The number of rotatable bonds is 5. The monoisotopic (exact) mass is 510 g/mol. The van der Waals surface area contributed by atoms with Crippen LogP contribution >= 0.6 is 0 Å². The SMILES string of the molecule is c1ccc(-c2cc(-c3cccc(-c4cc(-c5ccccc5)c5ccccc5c4)c3)nc(-c3ccccc3)n2)cc1. The third kappa shape index (κ3) is 4.68. The number of fused-ring (bicyclic) bond motifs is 1. The van der Waals surface area contributed by atoms with E-state index in [0.717, 1.165) is 39.5 Å². The maximum absolute atomic E-state index is 5.04. The van der Waals surface area contributed by atoms with Gasteiger partial charge in [0.1, 0.15) is 0 Å². The molecule has 0 aliphatic heterocycles. The molecule has 0 fully saturated rings. The van der Waals surface area contributed by atoms with E-state index in [4.69, 9.17) is 9.97 Å². The number of aromatic nitrogens is 2. The van der Waals surface area contributed by atoms with E-state index in [1.54, 1.807) is 0 Å². The Bertz CT molecular complexity index is 1870. The van der Waals surface area contributed by atoms with Gasteiger partial charge in [0.15, 0.2) is 5.82 Å². The molecule has 40 heavy (non-hydrogen) atoms. The maximum atomic E-state index is 5.04. The lowest BCUT2D eigenvalue weighted by Crippen LogP contribution is -1.96. The molecule has 6 aromatic carbocycles. The van der Waals surface area contributed by atoms with Crippen molar-refractivity contribution in [1.82, 2.24) is 9.97 Å². The minimum absolute atomic E-state index is 0.722. The van der Waals surface area contributed by atoms with Gasteiger partial charge >= 0.3 is 0 Å². The molecule has 0 saturated heterocycles. The highest BCUT2D eigenvalue weighted by atomic mass is 14.9. The lowest BCUT2D eigenvalue weighted by Gasteiger charge is -2.13. The van der Waals surface area contributed by atoms with Gasteiger partial charge in [0.25, 0.3) is 0 Å². The Kier molecular flexibility index (Phi) is 6.20. The van der Waals surface area contributed by atoms with Crippen LogP contribution in [0.15, 0.2) is 158 Å². The molecular formula is C38H26N2. The third-order valence-electron chi connectivity index (χ3n) is 7.27. The summed E-state index contributed by atoms with van der Waals surface area (Å²) in [6.45, 7) is 0. The zero-order valence-electron chi connectivity index (χ0n) is 21.9. The number of hydrogen-bond acceptors (Lipinski definition) is 2. The van der Waals surface area contributed by atoms with Crippen LogP contribution in [-0.2, 0) is 0 Å². The summed E-state index contributed by atoms with van der Waals surface area (Å²) in [5, 5.41) is 2.48. The molecular weight excluding hydrogens is 484 g/mol. The minimum atomic E-state index is 0.722. The molecule has 0 aliphatic rings. The van der Waals surface area contributed by atoms with Crippen LogP contribution in [-0.4, -0.2) is 9.97 Å². The van der Waals surface area contributed by atoms with Crippen LogP contribution in [0, 0.1) is 0 Å². The fraction of sp³-hybridized carbons (Fsp3) is 0. The lowest BCUT2D eigenvalue weighted by atomic mass is 9.92. The quantitative estimate of drug-likeness (QED) is 0.230. The van der Waals surface area contributed by atoms with E-state index in [1.807, 2.05) is 36.4 Å². The largest absolute Gasteiger partial charge is 0.228 e. The molecule has 2 heteroatoms. The van der Waals surface area contributed by atoms with Gasteiger partial charge in [-0.25, -0.2) is 9.97 Å². The molecule has 188 valence electrons. The summed E-state index contributed by atoms with van der Waals surface area (Å²) in [6.07, 6.45) is 0. The van der Waals surface area contributed by atoms with E-state index in [0.29, 0.717) is 0 Å².